The summed E-state index contributed by atoms with van der Waals surface area (Å²) < 4.78 is 6.37. The van der Waals surface area contributed by atoms with Gasteiger partial charge >= 0.3 is 0 Å². The lowest BCUT2D eigenvalue weighted by molar-refractivity contribution is 0.414. The summed E-state index contributed by atoms with van der Waals surface area (Å²) in [5, 5.41) is 0.654. The monoisotopic (exact) mass is 349 g/mol. The van der Waals surface area contributed by atoms with E-state index in [1.54, 1.807) is 7.11 Å². The molecule has 4 heteroatoms. The van der Waals surface area contributed by atoms with Crippen LogP contribution in [0.15, 0.2) is 45.9 Å². The number of halogens is 2. The Kier molecular flexibility index (Phi) is 3.81. The number of fused-ring (bicyclic) bond motifs is 1. The number of hydrogen-bond acceptors (Lipinski definition) is 2. The standard InChI is InChI=1S/C16H13BrClNO/c1-20-15-9-13-10(8-14(15)18)5-6-19-16(13)11-3-2-4-12(17)7-11/h2-4,7-9H,5-6H2,1H3. The minimum atomic E-state index is 0.654. The molecule has 0 N–H and O–H groups in total. The molecule has 1 aliphatic heterocycles. The van der Waals surface area contributed by atoms with Crippen LogP contribution in [0.1, 0.15) is 16.7 Å². The summed E-state index contributed by atoms with van der Waals surface area (Å²) in [6.07, 6.45) is 0.913. The third kappa shape index (κ3) is 2.48. The van der Waals surface area contributed by atoms with E-state index < -0.39 is 0 Å². The molecule has 0 spiro atoms. The average Bonchev–Trinajstić information content (AvgIpc) is 2.45. The Balaban J connectivity index is 2.14. The van der Waals surface area contributed by atoms with E-state index in [0.29, 0.717) is 10.8 Å². The highest BCUT2D eigenvalue weighted by Crippen LogP contribution is 2.32. The molecule has 2 aromatic rings. The molecule has 20 heavy (non-hydrogen) atoms. The van der Waals surface area contributed by atoms with Crippen molar-refractivity contribution in [2.24, 2.45) is 4.99 Å². The van der Waals surface area contributed by atoms with Crippen molar-refractivity contribution in [3.63, 3.8) is 0 Å². The summed E-state index contributed by atoms with van der Waals surface area (Å²) in [7, 11) is 1.63. The van der Waals surface area contributed by atoms with Gasteiger partial charge in [0, 0.05) is 22.1 Å². The molecule has 2 nitrogen and oxygen atoms in total. The summed E-state index contributed by atoms with van der Waals surface area (Å²) in [5.41, 5.74) is 4.43. The van der Waals surface area contributed by atoms with Gasteiger partial charge in [-0.15, -0.1) is 0 Å². The number of rotatable bonds is 2. The quantitative estimate of drug-likeness (QED) is 0.781. The van der Waals surface area contributed by atoms with Crippen molar-refractivity contribution >= 4 is 33.2 Å². The summed E-state index contributed by atoms with van der Waals surface area (Å²) in [4.78, 5) is 4.68. The molecule has 0 saturated carbocycles. The molecule has 0 aliphatic carbocycles. The summed E-state index contributed by atoms with van der Waals surface area (Å²) in [6.45, 7) is 0.789. The van der Waals surface area contributed by atoms with Crippen LogP contribution < -0.4 is 4.74 Å². The average molecular weight is 351 g/mol. The fourth-order valence-electron chi connectivity index (χ4n) is 2.43. The maximum atomic E-state index is 6.21. The molecule has 0 radical (unpaired) electrons. The first-order chi connectivity index (χ1) is 9.69. The molecule has 0 atom stereocenters. The Morgan fingerprint density at radius 1 is 1.25 bits per heavy atom. The zero-order valence-electron chi connectivity index (χ0n) is 11.0. The summed E-state index contributed by atoms with van der Waals surface area (Å²) in [5.74, 6) is 0.690. The summed E-state index contributed by atoms with van der Waals surface area (Å²) >= 11 is 9.72. The molecule has 102 valence electrons. The zero-order chi connectivity index (χ0) is 14.1. The van der Waals surface area contributed by atoms with Crippen molar-refractivity contribution in [1.82, 2.24) is 0 Å². The van der Waals surface area contributed by atoms with Crippen LogP contribution in [0.3, 0.4) is 0 Å². The highest BCUT2D eigenvalue weighted by Gasteiger charge is 2.18. The Morgan fingerprint density at radius 2 is 2.10 bits per heavy atom. The molecule has 2 aromatic carbocycles. The lowest BCUT2D eigenvalue weighted by atomic mass is 9.93. The fraction of sp³-hybridized carbons (Fsp3) is 0.188. The molecule has 3 rings (SSSR count). The van der Waals surface area contributed by atoms with E-state index in [9.17, 15) is 0 Å². The van der Waals surface area contributed by atoms with Gasteiger partial charge in [-0.05, 0) is 36.2 Å². The number of benzene rings is 2. The van der Waals surface area contributed by atoms with Crippen LogP contribution in [0, 0.1) is 0 Å². The Hall–Kier alpha value is -1.32. The Bertz CT molecular complexity index is 697. The molecule has 0 unspecified atom stereocenters. The summed E-state index contributed by atoms with van der Waals surface area (Å²) in [6, 6.07) is 12.1. The maximum Gasteiger partial charge on any atom is 0.138 e. The smallest absolute Gasteiger partial charge is 0.138 e. The molecular weight excluding hydrogens is 338 g/mol. The van der Waals surface area contributed by atoms with Crippen LogP contribution in [-0.4, -0.2) is 19.4 Å². The molecule has 0 fully saturated rings. The van der Waals surface area contributed by atoms with Gasteiger partial charge in [0.2, 0.25) is 0 Å². The normalized spacial score (nSPS) is 13.7. The minimum absolute atomic E-state index is 0.654. The van der Waals surface area contributed by atoms with Crippen LogP contribution in [0.25, 0.3) is 0 Å². The third-order valence-corrected chi connectivity index (χ3v) is 4.17. The first-order valence-electron chi connectivity index (χ1n) is 6.36. The van der Waals surface area contributed by atoms with Crippen molar-refractivity contribution in [2.45, 2.75) is 6.42 Å². The number of hydrogen-bond donors (Lipinski definition) is 0. The van der Waals surface area contributed by atoms with Crippen molar-refractivity contribution in [3.05, 3.63) is 62.6 Å². The fourth-order valence-corrected chi connectivity index (χ4v) is 3.10. The predicted octanol–water partition coefficient (Wildman–Crippen LogP) is 4.50. The molecule has 1 heterocycles. The highest BCUT2D eigenvalue weighted by atomic mass is 79.9. The Morgan fingerprint density at radius 3 is 2.85 bits per heavy atom. The SMILES string of the molecule is COc1cc2c(cc1Cl)CCN=C2c1cccc(Br)c1. The highest BCUT2D eigenvalue weighted by molar-refractivity contribution is 9.10. The molecule has 1 aliphatic rings. The van der Waals surface area contributed by atoms with Crippen LogP contribution in [0.5, 0.6) is 5.75 Å². The van der Waals surface area contributed by atoms with Crippen LogP contribution in [0.2, 0.25) is 5.02 Å². The molecular formula is C16H13BrClNO. The number of ether oxygens (including phenoxy) is 1. The third-order valence-electron chi connectivity index (χ3n) is 3.38. The first-order valence-corrected chi connectivity index (χ1v) is 7.53. The number of aliphatic imine (C=N–C) groups is 1. The lowest BCUT2D eigenvalue weighted by Gasteiger charge is -2.19. The van der Waals surface area contributed by atoms with Gasteiger partial charge in [-0.2, -0.15) is 0 Å². The van der Waals surface area contributed by atoms with Gasteiger partial charge in [-0.3, -0.25) is 4.99 Å². The second-order valence-electron chi connectivity index (χ2n) is 4.63. The number of methoxy groups -OCH3 is 1. The van der Waals surface area contributed by atoms with Gasteiger partial charge < -0.3 is 4.74 Å². The number of nitrogens with zero attached hydrogens (tertiary/aromatic N) is 1. The maximum absolute atomic E-state index is 6.21. The van der Waals surface area contributed by atoms with E-state index in [4.69, 9.17) is 16.3 Å². The van der Waals surface area contributed by atoms with Crippen LogP contribution >= 0.6 is 27.5 Å². The van der Waals surface area contributed by atoms with Crippen molar-refractivity contribution in [3.8, 4) is 5.75 Å². The van der Waals surface area contributed by atoms with E-state index in [1.165, 1.54) is 5.56 Å². The predicted molar refractivity (Wildman–Crippen MR) is 86.4 cm³/mol. The van der Waals surface area contributed by atoms with E-state index in [-0.39, 0.29) is 0 Å². The van der Waals surface area contributed by atoms with Crippen LogP contribution in [-0.2, 0) is 6.42 Å². The van der Waals surface area contributed by atoms with E-state index in [1.807, 2.05) is 24.3 Å². The topological polar surface area (TPSA) is 21.6 Å². The van der Waals surface area contributed by atoms with Gasteiger partial charge in [0.05, 0.1) is 17.8 Å². The van der Waals surface area contributed by atoms with Gasteiger partial charge in [0.25, 0.3) is 0 Å². The van der Waals surface area contributed by atoms with Gasteiger partial charge in [-0.1, -0.05) is 39.7 Å². The molecule has 0 amide bonds. The van der Waals surface area contributed by atoms with Gasteiger partial charge in [-0.25, -0.2) is 0 Å². The molecule has 0 saturated heterocycles. The van der Waals surface area contributed by atoms with Gasteiger partial charge in [0.1, 0.15) is 5.75 Å². The second-order valence-corrected chi connectivity index (χ2v) is 5.96. The van der Waals surface area contributed by atoms with Crippen LogP contribution in [0.4, 0.5) is 0 Å². The zero-order valence-corrected chi connectivity index (χ0v) is 13.3. The van der Waals surface area contributed by atoms with E-state index >= 15 is 0 Å². The first kappa shape index (κ1) is 13.7. The second kappa shape index (κ2) is 5.58. The molecule has 0 aromatic heterocycles. The largest absolute Gasteiger partial charge is 0.495 e. The molecule has 0 bridgehead atoms. The van der Waals surface area contributed by atoms with Crippen molar-refractivity contribution < 1.29 is 4.74 Å². The lowest BCUT2D eigenvalue weighted by Crippen LogP contribution is -2.14. The Labute approximate surface area is 131 Å². The minimum Gasteiger partial charge on any atom is -0.495 e. The van der Waals surface area contributed by atoms with Crippen molar-refractivity contribution in [1.29, 1.82) is 0 Å². The van der Waals surface area contributed by atoms with Crippen molar-refractivity contribution in [2.75, 3.05) is 13.7 Å². The van der Waals surface area contributed by atoms with Gasteiger partial charge in [0.15, 0.2) is 0 Å². The van der Waals surface area contributed by atoms with E-state index in [2.05, 4.69) is 33.1 Å². The van der Waals surface area contributed by atoms with E-state index in [0.717, 1.165) is 34.3 Å².